The molecule has 2 fully saturated rings. The van der Waals surface area contributed by atoms with Crippen molar-refractivity contribution in [2.45, 2.75) is 26.2 Å². The maximum atomic E-state index is 14.3. The van der Waals surface area contributed by atoms with Crippen LogP contribution in [0.2, 0.25) is 0 Å². The highest BCUT2D eigenvalue weighted by Crippen LogP contribution is 2.34. The molecule has 162 valence electrons. The second-order valence-electron chi connectivity index (χ2n) is 7.89. The molecule has 2 aliphatic heterocycles. The van der Waals surface area contributed by atoms with E-state index >= 15 is 0 Å². The summed E-state index contributed by atoms with van der Waals surface area (Å²) in [6, 6.07) is 9.77. The van der Waals surface area contributed by atoms with Gasteiger partial charge in [0.2, 0.25) is 17.7 Å². The minimum atomic E-state index is -0.598. The van der Waals surface area contributed by atoms with Crippen molar-refractivity contribution in [3.05, 3.63) is 47.8 Å². The Bertz CT molecular complexity index is 1060. The van der Waals surface area contributed by atoms with Gasteiger partial charge in [0.05, 0.1) is 24.4 Å². The highest BCUT2D eigenvalue weighted by Gasteiger charge is 2.36. The van der Waals surface area contributed by atoms with Gasteiger partial charge in [0.15, 0.2) is 0 Å². The number of hydrogen-bond donors (Lipinski definition) is 1. The summed E-state index contributed by atoms with van der Waals surface area (Å²) >= 11 is 0. The van der Waals surface area contributed by atoms with E-state index < -0.39 is 11.7 Å². The van der Waals surface area contributed by atoms with Crippen molar-refractivity contribution in [3.63, 3.8) is 0 Å². The third-order valence-electron chi connectivity index (χ3n) is 5.70. The number of nitrogens with one attached hydrogen (secondary N) is 1. The van der Waals surface area contributed by atoms with Crippen molar-refractivity contribution < 1.29 is 23.5 Å². The fraction of sp³-hybridized carbons (Fsp3) is 0.348. The topological polar surface area (TPSA) is 79.0 Å². The molecule has 1 unspecified atom stereocenters. The first-order valence-electron chi connectivity index (χ1n) is 10.2. The van der Waals surface area contributed by atoms with Crippen LogP contribution in [0.25, 0.3) is 0 Å². The Morgan fingerprint density at radius 3 is 2.55 bits per heavy atom. The zero-order valence-corrected chi connectivity index (χ0v) is 17.5. The lowest BCUT2D eigenvalue weighted by atomic mass is 10.1. The second kappa shape index (κ2) is 8.37. The van der Waals surface area contributed by atoms with Gasteiger partial charge >= 0.3 is 0 Å². The van der Waals surface area contributed by atoms with Crippen molar-refractivity contribution in [3.8, 4) is 5.75 Å². The zero-order valence-electron chi connectivity index (χ0n) is 17.5. The second-order valence-corrected chi connectivity index (χ2v) is 7.89. The van der Waals surface area contributed by atoms with E-state index in [2.05, 4.69) is 5.32 Å². The van der Waals surface area contributed by atoms with E-state index in [9.17, 15) is 18.8 Å². The molecule has 7 nitrogen and oxygen atoms in total. The largest absolute Gasteiger partial charge is 0.494 e. The van der Waals surface area contributed by atoms with Gasteiger partial charge in [-0.05, 0) is 43.2 Å². The Labute approximate surface area is 179 Å². The first kappa shape index (κ1) is 20.8. The Balaban J connectivity index is 1.47. The predicted octanol–water partition coefficient (Wildman–Crippen LogP) is 3.26. The molecule has 8 heteroatoms. The normalized spacial score (nSPS) is 18.6. The van der Waals surface area contributed by atoms with Crippen LogP contribution in [0, 0.1) is 18.7 Å². The molecule has 0 aliphatic carbocycles. The molecule has 0 radical (unpaired) electrons. The molecule has 2 saturated heterocycles. The van der Waals surface area contributed by atoms with Gasteiger partial charge in [-0.25, -0.2) is 4.39 Å². The van der Waals surface area contributed by atoms with E-state index in [-0.39, 0.29) is 36.4 Å². The quantitative estimate of drug-likeness (QED) is 0.798. The molecule has 2 aromatic carbocycles. The third kappa shape index (κ3) is 4.10. The molecular weight excluding hydrogens is 401 g/mol. The van der Waals surface area contributed by atoms with Crippen molar-refractivity contribution >= 4 is 34.8 Å². The van der Waals surface area contributed by atoms with Crippen LogP contribution in [0.1, 0.15) is 24.8 Å². The minimum Gasteiger partial charge on any atom is -0.494 e. The standard InChI is InChI=1S/C23H24FN3O4/c1-14-5-7-18(17(24)10-14)27-13-15(11-22(27)29)23(30)25-16-6-8-19(20(12-16)31-2)26-9-3-4-21(26)28/h5-8,10,12,15H,3-4,9,11,13H2,1-2H3,(H,25,30). The fourth-order valence-corrected chi connectivity index (χ4v) is 4.07. The first-order chi connectivity index (χ1) is 14.9. The van der Waals surface area contributed by atoms with Crippen LogP contribution in [0.5, 0.6) is 5.75 Å². The van der Waals surface area contributed by atoms with Crippen LogP contribution in [0.3, 0.4) is 0 Å². The van der Waals surface area contributed by atoms with Gasteiger partial charge in [-0.3, -0.25) is 14.4 Å². The maximum absolute atomic E-state index is 14.3. The number of nitrogens with zero attached hydrogens (tertiary/aromatic N) is 2. The average molecular weight is 425 g/mol. The lowest BCUT2D eigenvalue weighted by Crippen LogP contribution is -2.28. The minimum absolute atomic E-state index is 0.0106. The summed E-state index contributed by atoms with van der Waals surface area (Å²) in [7, 11) is 1.51. The molecule has 1 atom stereocenters. The van der Waals surface area contributed by atoms with Gasteiger partial charge in [0.25, 0.3) is 0 Å². The number of anilines is 3. The van der Waals surface area contributed by atoms with Crippen LogP contribution in [0.4, 0.5) is 21.5 Å². The van der Waals surface area contributed by atoms with Crippen LogP contribution >= 0.6 is 0 Å². The van der Waals surface area contributed by atoms with Crippen molar-refractivity contribution in [1.29, 1.82) is 0 Å². The number of hydrogen-bond acceptors (Lipinski definition) is 4. The molecular formula is C23H24FN3O4. The molecule has 1 N–H and O–H groups in total. The Kier molecular flexibility index (Phi) is 5.63. The van der Waals surface area contributed by atoms with Crippen LogP contribution in [-0.2, 0) is 14.4 Å². The number of amides is 3. The van der Waals surface area contributed by atoms with Gasteiger partial charge in [-0.1, -0.05) is 6.07 Å². The molecule has 4 rings (SSSR count). The molecule has 0 aromatic heterocycles. The smallest absolute Gasteiger partial charge is 0.229 e. The van der Waals surface area contributed by atoms with Gasteiger partial charge in [-0.2, -0.15) is 0 Å². The van der Waals surface area contributed by atoms with E-state index in [1.165, 1.54) is 18.1 Å². The third-order valence-corrected chi connectivity index (χ3v) is 5.70. The van der Waals surface area contributed by atoms with Crippen molar-refractivity contribution in [2.75, 3.05) is 35.3 Å². The number of ether oxygens (including phenoxy) is 1. The van der Waals surface area contributed by atoms with E-state index in [0.717, 1.165) is 12.0 Å². The zero-order chi connectivity index (χ0) is 22.1. The summed E-state index contributed by atoms with van der Waals surface area (Å²) in [6.45, 7) is 2.52. The summed E-state index contributed by atoms with van der Waals surface area (Å²) in [4.78, 5) is 40.2. The summed E-state index contributed by atoms with van der Waals surface area (Å²) < 4.78 is 19.7. The first-order valence-corrected chi connectivity index (χ1v) is 10.2. The predicted molar refractivity (Wildman–Crippen MR) is 115 cm³/mol. The Morgan fingerprint density at radius 2 is 1.87 bits per heavy atom. The van der Waals surface area contributed by atoms with Crippen molar-refractivity contribution in [2.24, 2.45) is 5.92 Å². The van der Waals surface area contributed by atoms with E-state index in [1.807, 2.05) is 0 Å². The number of benzene rings is 2. The Hall–Kier alpha value is -3.42. The van der Waals surface area contributed by atoms with E-state index in [1.54, 1.807) is 42.2 Å². The fourth-order valence-electron chi connectivity index (χ4n) is 4.07. The van der Waals surface area contributed by atoms with Gasteiger partial charge in [-0.15, -0.1) is 0 Å². The van der Waals surface area contributed by atoms with E-state index in [4.69, 9.17) is 4.74 Å². The number of carbonyl (C=O) groups is 3. The highest BCUT2D eigenvalue weighted by molar-refractivity contribution is 6.04. The summed E-state index contributed by atoms with van der Waals surface area (Å²) in [5.74, 6) is -1.16. The molecule has 31 heavy (non-hydrogen) atoms. The number of aryl methyl sites for hydroxylation is 1. The summed E-state index contributed by atoms with van der Waals surface area (Å²) in [6.07, 6.45) is 1.32. The van der Waals surface area contributed by atoms with Gasteiger partial charge in [0.1, 0.15) is 11.6 Å². The highest BCUT2D eigenvalue weighted by atomic mass is 19.1. The average Bonchev–Trinajstić information content (AvgIpc) is 3.33. The summed E-state index contributed by atoms with van der Waals surface area (Å²) in [5, 5.41) is 2.81. The van der Waals surface area contributed by atoms with Gasteiger partial charge in [0, 0.05) is 37.7 Å². The number of rotatable bonds is 5. The van der Waals surface area contributed by atoms with Gasteiger partial charge < -0.3 is 19.9 Å². The lowest BCUT2D eigenvalue weighted by molar-refractivity contribution is -0.122. The molecule has 3 amide bonds. The number of methoxy groups -OCH3 is 1. The van der Waals surface area contributed by atoms with Crippen molar-refractivity contribution in [1.82, 2.24) is 0 Å². The van der Waals surface area contributed by atoms with Crippen LogP contribution < -0.4 is 19.9 Å². The molecule has 0 saturated carbocycles. The van der Waals surface area contributed by atoms with Crippen LogP contribution in [0.15, 0.2) is 36.4 Å². The van der Waals surface area contributed by atoms with E-state index in [0.29, 0.717) is 30.1 Å². The summed E-state index contributed by atoms with van der Waals surface area (Å²) in [5.41, 5.74) is 2.12. The SMILES string of the molecule is COc1cc(NC(=O)C2CC(=O)N(c3ccc(C)cc3F)C2)ccc1N1CCCC1=O. The number of halogens is 1. The van der Waals surface area contributed by atoms with Crippen LogP contribution in [-0.4, -0.2) is 37.9 Å². The maximum Gasteiger partial charge on any atom is 0.229 e. The molecule has 2 aliphatic rings. The molecule has 2 aromatic rings. The number of carbonyl (C=O) groups excluding carboxylic acids is 3. The molecule has 0 bridgehead atoms. The Morgan fingerprint density at radius 1 is 1.10 bits per heavy atom. The monoisotopic (exact) mass is 425 g/mol. The molecule has 0 spiro atoms. The lowest BCUT2D eigenvalue weighted by Gasteiger charge is -2.20. The molecule has 2 heterocycles.